The zero-order valence-electron chi connectivity index (χ0n) is 11.3. The maximum atomic E-state index is 12.1. The Bertz CT molecular complexity index is 626. The van der Waals surface area contributed by atoms with Crippen LogP contribution in [0.2, 0.25) is 5.02 Å². The molecule has 0 unspecified atom stereocenters. The highest BCUT2D eigenvalue weighted by atomic mass is 35.7. The fraction of sp³-hybridized carbons (Fsp3) is 0.462. The van der Waals surface area contributed by atoms with E-state index >= 15 is 0 Å². The molecular formula is C13H16Cl2N2O3S. The summed E-state index contributed by atoms with van der Waals surface area (Å²) >= 11 is 5.88. The Balaban J connectivity index is 2.09. The summed E-state index contributed by atoms with van der Waals surface area (Å²) in [5, 5.41) is 2.71. The Kier molecular flexibility index (Phi) is 5.35. The van der Waals surface area contributed by atoms with E-state index in [1.54, 1.807) is 4.90 Å². The van der Waals surface area contributed by atoms with Crippen LogP contribution in [0.15, 0.2) is 23.1 Å². The molecule has 0 radical (unpaired) electrons. The fourth-order valence-electron chi connectivity index (χ4n) is 2.25. The topological polar surface area (TPSA) is 66.5 Å². The molecule has 0 aromatic heterocycles. The number of likely N-dealkylation sites (tertiary alicyclic amines) is 1. The standard InChI is InChI=1S/C13H16Cl2N2O3S/c14-11-9-10(5-6-12(11)21(15,19)20)16-13(18)17-7-3-1-2-4-8-17/h5-6,9H,1-4,7-8H2,(H,16,18). The van der Waals surface area contributed by atoms with Crippen LogP contribution in [-0.4, -0.2) is 32.4 Å². The van der Waals surface area contributed by atoms with Crippen molar-refractivity contribution in [2.75, 3.05) is 18.4 Å². The molecule has 8 heteroatoms. The zero-order valence-corrected chi connectivity index (χ0v) is 13.6. The summed E-state index contributed by atoms with van der Waals surface area (Å²) in [5.74, 6) is 0. The van der Waals surface area contributed by atoms with Gasteiger partial charge in [0.25, 0.3) is 9.05 Å². The highest BCUT2D eigenvalue weighted by Gasteiger charge is 2.18. The van der Waals surface area contributed by atoms with Crippen molar-refractivity contribution in [3.8, 4) is 0 Å². The predicted molar refractivity (Wildman–Crippen MR) is 83.6 cm³/mol. The molecule has 5 nitrogen and oxygen atoms in total. The number of nitrogens with zero attached hydrogens (tertiary/aromatic N) is 1. The Morgan fingerprint density at radius 3 is 2.29 bits per heavy atom. The Hall–Kier alpha value is -0.980. The minimum Gasteiger partial charge on any atom is -0.325 e. The maximum absolute atomic E-state index is 12.1. The quantitative estimate of drug-likeness (QED) is 0.827. The molecule has 1 heterocycles. The first-order chi connectivity index (χ1) is 9.88. The molecule has 1 aliphatic heterocycles. The van der Waals surface area contributed by atoms with Crippen LogP contribution in [0.1, 0.15) is 25.7 Å². The number of hydrogen-bond donors (Lipinski definition) is 1. The first-order valence-electron chi connectivity index (χ1n) is 6.68. The molecule has 1 aromatic rings. The molecule has 116 valence electrons. The van der Waals surface area contributed by atoms with Gasteiger partial charge in [0.1, 0.15) is 4.90 Å². The molecular weight excluding hydrogens is 335 g/mol. The summed E-state index contributed by atoms with van der Waals surface area (Å²) in [6.07, 6.45) is 4.27. The average Bonchev–Trinajstić information content (AvgIpc) is 2.66. The fourth-order valence-corrected chi connectivity index (χ4v) is 3.78. The number of hydrogen-bond acceptors (Lipinski definition) is 3. The van der Waals surface area contributed by atoms with Crippen molar-refractivity contribution in [3.05, 3.63) is 23.2 Å². The van der Waals surface area contributed by atoms with Crippen LogP contribution in [0.3, 0.4) is 0 Å². The van der Waals surface area contributed by atoms with E-state index in [0.717, 1.165) is 38.8 Å². The lowest BCUT2D eigenvalue weighted by atomic mass is 10.2. The van der Waals surface area contributed by atoms with Gasteiger partial charge in [0, 0.05) is 29.5 Å². The Morgan fingerprint density at radius 1 is 1.14 bits per heavy atom. The molecule has 0 spiro atoms. The number of benzene rings is 1. The molecule has 0 bridgehead atoms. The van der Waals surface area contributed by atoms with Gasteiger partial charge in [-0.05, 0) is 31.0 Å². The summed E-state index contributed by atoms with van der Waals surface area (Å²) in [6.45, 7) is 1.46. The lowest BCUT2D eigenvalue weighted by Gasteiger charge is -2.20. The van der Waals surface area contributed by atoms with Crippen molar-refractivity contribution < 1.29 is 13.2 Å². The largest absolute Gasteiger partial charge is 0.325 e. The van der Waals surface area contributed by atoms with Crippen molar-refractivity contribution in [1.29, 1.82) is 0 Å². The smallest absolute Gasteiger partial charge is 0.321 e. The summed E-state index contributed by atoms with van der Waals surface area (Å²) < 4.78 is 22.5. The molecule has 2 rings (SSSR count). The number of carbonyl (C=O) groups excluding carboxylic acids is 1. The molecule has 21 heavy (non-hydrogen) atoms. The van der Waals surface area contributed by atoms with Crippen molar-refractivity contribution >= 4 is 43.1 Å². The van der Waals surface area contributed by atoms with Gasteiger partial charge in [-0.1, -0.05) is 24.4 Å². The van der Waals surface area contributed by atoms with Gasteiger partial charge in [-0.25, -0.2) is 13.2 Å². The molecule has 1 saturated heterocycles. The van der Waals surface area contributed by atoms with Crippen LogP contribution in [-0.2, 0) is 9.05 Å². The van der Waals surface area contributed by atoms with Crippen molar-refractivity contribution in [1.82, 2.24) is 4.90 Å². The third-order valence-corrected chi connectivity index (χ3v) is 5.14. The number of rotatable bonds is 2. The summed E-state index contributed by atoms with van der Waals surface area (Å²) in [5.41, 5.74) is 0.443. The number of anilines is 1. The molecule has 0 aliphatic carbocycles. The summed E-state index contributed by atoms with van der Waals surface area (Å²) in [4.78, 5) is 13.7. The normalized spacial score (nSPS) is 16.4. The number of nitrogens with one attached hydrogen (secondary N) is 1. The van der Waals surface area contributed by atoms with E-state index in [1.165, 1.54) is 18.2 Å². The molecule has 1 N–H and O–H groups in total. The Labute approximate surface area is 133 Å². The van der Waals surface area contributed by atoms with Crippen molar-refractivity contribution in [2.24, 2.45) is 0 Å². The van der Waals surface area contributed by atoms with Gasteiger partial charge >= 0.3 is 6.03 Å². The minimum absolute atomic E-state index is 0.0151. The SMILES string of the molecule is O=C(Nc1ccc(S(=O)(=O)Cl)c(Cl)c1)N1CCCCCC1. The second-order valence-electron chi connectivity index (χ2n) is 4.91. The number of amides is 2. The van der Waals surface area contributed by atoms with E-state index in [4.69, 9.17) is 22.3 Å². The van der Waals surface area contributed by atoms with Gasteiger partial charge in [-0.15, -0.1) is 0 Å². The van der Waals surface area contributed by atoms with Crippen LogP contribution in [0.4, 0.5) is 10.5 Å². The van der Waals surface area contributed by atoms with Gasteiger partial charge in [-0.3, -0.25) is 0 Å². The van der Waals surface area contributed by atoms with Gasteiger partial charge in [0.2, 0.25) is 0 Å². The monoisotopic (exact) mass is 350 g/mol. The second-order valence-corrected chi connectivity index (χ2v) is 7.86. The van der Waals surface area contributed by atoms with E-state index in [9.17, 15) is 13.2 Å². The third kappa shape index (κ3) is 4.49. The number of carbonyl (C=O) groups is 1. The van der Waals surface area contributed by atoms with E-state index < -0.39 is 9.05 Å². The first kappa shape index (κ1) is 16.4. The van der Waals surface area contributed by atoms with E-state index in [-0.39, 0.29) is 15.9 Å². The average molecular weight is 351 g/mol. The highest BCUT2D eigenvalue weighted by Crippen LogP contribution is 2.27. The molecule has 1 aromatic carbocycles. The van der Waals surface area contributed by atoms with Gasteiger partial charge in [0.15, 0.2) is 0 Å². The Morgan fingerprint density at radius 2 is 1.76 bits per heavy atom. The molecule has 2 amide bonds. The van der Waals surface area contributed by atoms with Crippen molar-refractivity contribution in [3.63, 3.8) is 0 Å². The third-order valence-electron chi connectivity index (χ3n) is 3.34. The van der Waals surface area contributed by atoms with E-state index in [1.807, 2.05) is 0 Å². The predicted octanol–water partition coefficient (Wildman–Crippen LogP) is 3.68. The summed E-state index contributed by atoms with van der Waals surface area (Å²) in [6, 6.07) is 3.93. The van der Waals surface area contributed by atoms with Crippen LogP contribution >= 0.6 is 22.3 Å². The minimum atomic E-state index is -3.89. The summed E-state index contributed by atoms with van der Waals surface area (Å²) in [7, 11) is 1.37. The number of urea groups is 1. The molecule has 1 aliphatic rings. The van der Waals surface area contributed by atoms with Crippen LogP contribution in [0, 0.1) is 0 Å². The van der Waals surface area contributed by atoms with Crippen LogP contribution in [0.5, 0.6) is 0 Å². The second kappa shape index (κ2) is 6.85. The van der Waals surface area contributed by atoms with E-state index in [2.05, 4.69) is 5.32 Å². The maximum Gasteiger partial charge on any atom is 0.321 e. The number of halogens is 2. The van der Waals surface area contributed by atoms with E-state index in [0.29, 0.717) is 5.69 Å². The highest BCUT2D eigenvalue weighted by molar-refractivity contribution is 8.13. The van der Waals surface area contributed by atoms with Gasteiger partial charge in [0.05, 0.1) is 5.02 Å². The lowest BCUT2D eigenvalue weighted by Crippen LogP contribution is -2.35. The van der Waals surface area contributed by atoms with Crippen LogP contribution in [0.25, 0.3) is 0 Å². The van der Waals surface area contributed by atoms with Crippen molar-refractivity contribution in [2.45, 2.75) is 30.6 Å². The van der Waals surface area contributed by atoms with Gasteiger partial charge < -0.3 is 10.2 Å². The molecule has 1 fully saturated rings. The van der Waals surface area contributed by atoms with Gasteiger partial charge in [-0.2, -0.15) is 0 Å². The van der Waals surface area contributed by atoms with Crippen LogP contribution < -0.4 is 5.32 Å². The lowest BCUT2D eigenvalue weighted by molar-refractivity contribution is 0.214. The first-order valence-corrected chi connectivity index (χ1v) is 9.37. The molecule has 0 saturated carbocycles. The zero-order chi connectivity index (χ0) is 15.5. The molecule has 0 atom stereocenters.